The standard InChI is InChI=1S/C28H36F2O13S/c1-11(28(29,30)44(35,36)37)38-17(31)7-8-18(32)39-23-22-20(19-21(40-22)24(23)41-25(19)33)26(34)43-27(2,3)42-16-10-12-9-15(16)14-6-4-5-13(12)14/h11-16,19-24H,4-10H2,1-3H3,(H,35,36,37). The van der Waals surface area contributed by atoms with E-state index in [1.807, 2.05) is 0 Å². The molecule has 0 radical (unpaired) electrons. The van der Waals surface area contributed by atoms with Gasteiger partial charge in [-0.15, -0.1) is 0 Å². The van der Waals surface area contributed by atoms with Crippen LogP contribution in [-0.2, 0) is 57.7 Å². The molecule has 3 saturated heterocycles. The molecule has 3 heterocycles. The molecule has 0 aromatic carbocycles. The van der Waals surface area contributed by atoms with E-state index in [1.165, 1.54) is 19.3 Å². The van der Waals surface area contributed by atoms with Crippen molar-refractivity contribution in [3.8, 4) is 0 Å². The van der Waals surface area contributed by atoms with Gasteiger partial charge in [0.15, 0.2) is 18.3 Å². The van der Waals surface area contributed by atoms with Crippen LogP contribution in [0.15, 0.2) is 0 Å². The van der Waals surface area contributed by atoms with Crippen molar-refractivity contribution in [1.82, 2.24) is 0 Å². The van der Waals surface area contributed by atoms with Crippen LogP contribution in [0.4, 0.5) is 8.78 Å². The lowest BCUT2D eigenvalue weighted by Crippen LogP contribution is -2.50. The zero-order valence-corrected chi connectivity index (χ0v) is 25.2. The molecule has 12 atom stereocenters. The molecule has 3 aliphatic carbocycles. The molecule has 3 aliphatic heterocycles. The lowest BCUT2D eigenvalue weighted by molar-refractivity contribution is -0.246. The molecule has 246 valence electrons. The van der Waals surface area contributed by atoms with Crippen molar-refractivity contribution in [2.45, 2.75) is 113 Å². The second kappa shape index (κ2) is 10.8. The predicted molar refractivity (Wildman–Crippen MR) is 139 cm³/mol. The lowest BCUT2D eigenvalue weighted by atomic mass is 9.78. The highest BCUT2D eigenvalue weighted by atomic mass is 32.2. The van der Waals surface area contributed by atoms with E-state index in [-0.39, 0.29) is 6.10 Å². The molecule has 4 bridgehead atoms. The van der Waals surface area contributed by atoms with Crippen molar-refractivity contribution in [1.29, 1.82) is 0 Å². The summed E-state index contributed by atoms with van der Waals surface area (Å²) in [5.74, 6) is -4.72. The lowest BCUT2D eigenvalue weighted by Gasteiger charge is -2.37. The minimum atomic E-state index is -5.85. The Morgan fingerprint density at radius 1 is 1.02 bits per heavy atom. The highest BCUT2D eigenvalue weighted by Gasteiger charge is 2.72. The molecule has 6 rings (SSSR count). The smallest absolute Gasteiger partial charge is 0.405 e. The van der Waals surface area contributed by atoms with Crippen molar-refractivity contribution in [2.75, 3.05) is 0 Å². The summed E-state index contributed by atoms with van der Waals surface area (Å²) >= 11 is 0. The summed E-state index contributed by atoms with van der Waals surface area (Å²) in [6.07, 6.45) is -2.33. The molecular weight excluding hydrogens is 614 g/mol. The zero-order valence-electron chi connectivity index (χ0n) is 24.4. The van der Waals surface area contributed by atoms with Gasteiger partial charge in [-0.05, 0) is 56.3 Å². The van der Waals surface area contributed by atoms with Crippen LogP contribution in [0.25, 0.3) is 0 Å². The van der Waals surface area contributed by atoms with Gasteiger partial charge in [-0.25, -0.2) is 0 Å². The number of esters is 4. The zero-order chi connectivity index (χ0) is 31.9. The van der Waals surface area contributed by atoms with Crippen LogP contribution < -0.4 is 0 Å². The Labute approximate surface area is 252 Å². The second-order valence-electron chi connectivity index (χ2n) is 13.3. The van der Waals surface area contributed by atoms with Gasteiger partial charge in [0.2, 0.25) is 5.79 Å². The maximum atomic E-state index is 13.6. The fraction of sp³-hybridized carbons (Fsp3) is 0.857. The first kappa shape index (κ1) is 31.5. The van der Waals surface area contributed by atoms with E-state index in [2.05, 4.69) is 4.74 Å². The number of rotatable bonds is 11. The third kappa shape index (κ3) is 5.28. The maximum absolute atomic E-state index is 13.6. The number of halogens is 2. The quantitative estimate of drug-likeness (QED) is 0.149. The first-order valence-electron chi connectivity index (χ1n) is 15.0. The van der Waals surface area contributed by atoms with E-state index in [9.17, 15) is 36.4 Å². The van der Waals surface area contributed by atoms with Crippen LogP contribution in [0, 0.1) is 35.5 Å². The van der Waals surface area contributed by atoms with Crippen LogP contribution in [-0.4, -0.2) is 84.5 Å². The molecule has 13 nitrogen and oxygen atoms in total. The number of hydrogen-bond acceptors (Lipinski definition) is 12. The molecule has 3 saturated carbocycles. The van der Waals surface area contributed by atoms with E-state index >= 15 is 0 Å². The first-order chi connectivity index (χ1) is 20.5. The van der Waals surface area contributed by atoms with Gasteiger partial charge in [0.05, 0.1) is 18.9 Å². The molecule has 0 aromatic rings. The fourth-order valence-corrected chi connectivity index (χ4v) is 9.00. The molecule has 6 aliphatic rings. The van der Waals surface area contributed by atoms with Gasteiger partial charge >= 0.3 is 39.2 Å². The summed E-state index contributed by atoms with van der Waals surface area (Å²) in [5.41, 5.74) is 0. The molecular formula is C28H36F2O13S. The molecule has 1 N–H and O–H groups in total. The third-order valence-electron chi connectivity index (χ3n) is 10.3. The third-order valence-corrected chi connectivity index (χ3v) is 11.3. The number of hydrogen-bond donors (Lipinski definition) is 1. The minimum Gasteiger partial charge on any atom is -0.455 e. The van der Waals surface area contributed by atoms with Crippen LogP contribution in [0.3, 0.4) is 0 Å². The average molecular weight is 651 g/mol. The fourth-order valence-electron chi connectivity index (χ4n) is 8.53. The Morgan fingerprint density at radius 3 is 2.41 bits per heavy atom. The van der Waals surface area contributed by atoms with Crippen molar-refractivity contribution >= 4 is 34.0 Å². The summed E-state index contributed by atoms with van der Waals surface area (Å²) in [7, 11) is -5.85. The Bertz CT molecular complexity index is 1330. The second-order valence-corrected chi connectivity index (χ2v) is 14.8. The molecule has 6 fully saturated rings. The highest BCUT2D eigenvalue weighted by Crippen LogP contribution is 2.60. The van der Waals surface area contributed by atoms with Crippen LogP contribution >= 0.6 is 0 Å². The van der Waals surface area contributed by atoms with Crippen molar-refractivity contribution in [2.24, 2.45) is 35.5 Å². The number of fused-ring (bicyclic) bond motifs is 6. The monoisotopic (exact) mass is 650 g/mol. The van der Waals surface area contributed by atoms with Crippen molar-refractivity contribution in [3.05, 3.63) is 0 Å². The topological polar surface area (TPSA) is 178 Å². The van der Waals surface area contributed by atoms with Gasteiger partial charge in [0.1, 0.15) is 24.0 Å². The first-order valence-corrected chi connectivity index (χ1v) is 16.4. The minimum absolute atomic E-state index is 0.0260. The summed E-state index contributed by atoms with van der Waals surface area (Å²) in [6.45, 7) is 3.86. The molecule has 0 amide bonds. The van der Waals surface area contributed by atoms with E-state index in [0.717, 1.165) is 18.8 Å². The number of carbonyl (C=O) groups excluding carboxylic acids is 4. The van der Waals surface area contributed by atoms with Gasteiger partial charge in [-0.2, -0.15) is 17.2 Å². The average Bonchev–Trinajstić information content (AvgIpc) is 3.72. The number of ether oxygens (including phenoxy) is 6. The van der Waals surface area contributed by atoms with Crippen LogP contribution in [0.2, 0.25) is 0 Å². The molecule has 16 heteroatoms. The van der Waals surface area contributed by atoms with Gasteiger partial charge in [-0.3, -0.25) is 23.7 Å². The molecule has 0 aromatic heterocycles. The van der Waals surface area contributed by atoms with Crippen molar-refractivity contribution < 1.29 is 69.4 Å². The Balaban J connectivity index is 1.04. The normalized spacial score (nSPS) is 39.2. The summed E-state index contributed by atoms with van der Waals surface area (Å²) < 4.78 is 90.7. The van der Waals surface area contributed by atoms with E-state index in [4.69, 9.17) is 28.2 Å². The summed E-state index contributed by atoms with van der Waals surface area (Å²) in [4.78, 5) is 50.7. The van der Waals surface area contributed by atoms with Gasteiger partial charge in [0, 0.05) is 13.8 Å². The van der Waals surface area contributed by atoms with Gasteiger partial charge < -0.3 is 28.4 Å². The Hall–Kier alpha value is -2.43. The van der Waals surface area contributed by atoms with Crippen LogP contribution in [0.5, 0.6) is 0 Å². The van der Waals surface area contributed by atoms with Gasteiger partial charge in [-0.1, -0.05) is 6.42 Å². The molecule has 0 spiro atoms. The number of carbonyl (C=O) groups is 4. The Kier molecular flexibility index (Phi) is 7.77. The SMILES string of the molecule is CC(OC(=O)CCC(=O)OC1C2OC(=O)C3C2OC1C3C(=O)OC(C)(C)OC1CC2CC1C1CCCC21)C(F)(F)S(=O)(=O)O. The van der Waals surface area contributed by atoms with Gasteiger partial charge in [0.25, 0.3) is 0 Å². The summed E-state index contributed by atoms with van der Waals surface area (Å²) in [5, 5.41) is -4.76. The van der Waals surface area contributed by atoms with E-state index < -0.39 is 100 Å². The van der Waals surface area contributed by atoms with Crippen LogP contribution in [0.1, 0.15) is 65.7 Å². The van der Waals surface area contributed by atoms with E-state index in [0.29, 0.717) is 24.7 Å². The molecule has 44 heavy (non-hydrogen) atoms. The molecule has 12 unspecified atom stereocenters. The number of alkyl halides is 2. The predicted octanol–water partition coefficient (Wildman–Crippen LogP) is 2.15. The van der Waals surface area contributed by atoms with Crippen molar-refractivity contribution in [3.63, 3.8) is 0 Å². The Morgan fingerprint density at radius 2 is 1.70 bits per heavy atom. The highest BCUT2D eigenvalue weighted by molar-refractivity contribution is 7.86. The largest absolute Gasteiger partial charge is 0.455 e. The maximum Gasteiger partial charge on any atom is 0.405 e. The summed E-state index contributed by atoms with van der Waals surface area (Å²) in [6, 6.07) is 0. The van der Waals surface area contributed by atoms with E-state index in [1.54, 1.807) is 13.8 Å².